The van der Waals surface area contributed by atoms with E-state index >= 15 is 0 Å². The van der Waals surface area contributed by atoms with E-state index in [9.17, 15) is 30.3 Å². The molecule has 0 aromatic rings. The standard InChI is InChI=1S/C54H107NO8/c1-3-5-7-9-11-13-15-17-19-20-21-22-23-24-25-26-27-28-29-30-31-33-35-37-39-41-43-48(57)47(46-62-54-53(61)52(60)51(59)49(45-56)63-54)55-50(58)44-42-40-38-36-34-32-18-16-14-12-10-8-6-4-2/h47-49,51-54,56-57,59-61H,3-46H2,1-2H3,(H,55,58). The van der Waals surface area contributed by atoms with Crippen molar-refractivity contribution < 1.29 is 39.8 Å². The van der Waals surface area contributed by atoms with Gasteiger partial charge in [-0.1, -0.05) is 264 Å². The van der Waals surface area contributed by atoms with Crippen LogP contribution in [0.1, 0.15) is 284 Å². The van der Waals surface area contributed by atoms with E-state index in [2.05, 4.69) is 19.2 Å². The molecule has 9 heteroatoms. The largest absolute Gasteiger partial charge is 0.394 e. The molecule has 6 N–H and O–H groups in total. The van der Waals surface area contributed by atoms with Gasteiger partial charge >= 0.3 is 0 Å². The van der Waals surface area contributed by atoms with Crippen LogP contribution in [0.3, 0.4) is 0 Å². The van der Waals surface area contributed by atoms with E-state index in [1.54, 1.807) is 0 Å². The Hall–Kier alpha value is -0.810. The number of hydrogen-bond acceptors (Lipinski definition) is 8. The van der Waals surface area contributed by atoms with Crippen molar-refractivity contribution >= 4 is 5.91 Å². The second-order valence-corrected chi connectivity index (χ2v) is 19.7. The van der Waals surface area contributed by atoms with Crippen LogP contribution >= 0.6 is 0 Å². The summed E-state index contributed by atoms with van der Waals surface area (Å²) in [5.74, 6) is -0.139. The Kier molecular flexibility index (Phi) is 43.0. The molecule has 0 aromatic carbocycles. The lowest BCUT2D eigenvalue weighted by atomic mass is 9.99. The summed E-state index contributed by atoms with van der Waals surface area (Å²) in [6.45, 7) is 3.87. The molecule has 1 aliphatic heterocycles. The monoisotopic (exact) mass is 898 g/mol. The molecule has 1 aliphatic rings. The Morgan fingerprint density at radius 3 is 1.13 bits per heavy atom. The van der Waals surface area contributed by atoms with Crippen molar-refractivity contribution in [2.75, 3.05) is 13.2 Å². The van der Waals surface area contributed by atoms with Gasteiger partial charge in [-0.3, -0.25) is 4.79 Å². The Morgan fingerprint density at radius 2 is 0.794 bits per heavy atom. The van der Waals surface area contributed by atoms with E-state index < -0.39 is 49.5 Å². The van der Waals surface area contributed by atoms with Gasteiger partial charge in [0.2, 0.25) is 5.91 Å². The molecule has 1 saturated heterocycles. The molecule has 0 spiro atoms. The topological polar surface area (TPSA) is 149 Å². The Balaban J connectivity index is 2.17. The second kappa shape index (κ2) is 45.0. The SMILES string of the molecule is CCCCCCCCCCCCCCCCCCCCCCCCCCCCC(O)C(COC1OC(CO)C(O)C(O)C1O)NC(=O)CCCCCCCCCCCCCCCC. The van der Waals surface area contributed by atoms with Crippen LogP contribution in [0.5, 0.6) is 0 Å². The summed E-state index contributed by atoms with van der Waals surface area (Å²) in [5, 5.41) is 54.6. The van der Waals surface area contributed by atoms with Gasteiger partial charge in [-0.15, -0.1) is 0 Å². The number of ether oxygens (including phenoxy) is 2. The fraction of sp³-hybridized carbons (Fsp3) is 0.981. The molecule has 7 unspecified atom stereocenters. The van der Waals surface area contributed by atoms with Gasteiger partial charge in [0.05, 0.1) is 25.4 Å². The van der Waals surface area contributed by atoms with E-state index in [1.165, 1.54) is 218 Å². The molecule has 0 aromatic heterocycles. The lowest BCUT2D eigenvalue weighted by Gasteiger charge is -2.40. The minimum Gasteiger partial charge on any atom is -0.394 e. The first-order valence-corrected chi connectivity index (χ1v) is 27.7. The first-order chi connectivity index (χ1) is 30.8. The van der Waals surface area contributed by atoms with Gasteiger partial charge in [0, 0.05) is 6.42 Å². The average Bonchev–Trinajstić information content (AvgIpc) is 3.28. The Morgan fingerprint density at radius 1 is 0.476 bits per heavy atom. The average molecular weight is 898 g/mol. The molecule has 1 rings (SSSR count). The van der Waals surface area contributed by atoms with Crippen molar-refractivity contribution in [2.24, 2.45) is 0 Å². The zero-order valence-corrected chi connectivity index (χ0v) is 41.6. The van der Waals surface area contributed by atoms with Gasteiger partial charge in [-0.25, -0.2) is 0 Å². The summed E-state index contributed by atoms with van der Waals surface area (Å²) in [6, 6.07) is -0.712. The number of carbonyl (C=O) groups is 1. The maximum atomic E-state index is 13.0. The van der Waals surface area contributed by atoms with Crippen molar-refractivity contribution in [3.8, 4) is 0 Å². The van der Waals surface area contributed by atoms with Crippen LogP contribution in [-0.2, 0) is 14.3 Å². The fourth-order valence-electron chi connectivity index (χ4n) is 9.28. The highest BCUT2D eigenvalue weighted by atomic mass is 16.7. The number of rotatable bonds is 48. The molecule has 0 aliphatic carbocycles. The van der Waals surface area contributed by atoms with E-state index in [-0.39, 0.29) is 12.5 Å². The first kappa shape index (κ1) is 60.2. The minimum absolute atomic E-state index is 0.131. The van der Waals surface area contributed by atoms with Gasteiger partial charge < -0.3 is 40.3 Å². The number of hydrogen-bond donors (Lipinski definition) is 6. The molecule has 0 saturated carbocycles. The zero-order chi connectivity index (χ0) is 45.9. The van der Waals surface area contributed by atoms with Gasteiger partial charge in [-0.05, 0) is 12.8 Å². The van der Waals surface area contributed by atoms with Gasteiger partial charge in [0.1, 0.15) is 24.4 Å². The molecular weight excluding hydrogens is 791 g/mol. The Labute approximate surface area is 389 Å². The second-order valence-electron chi connectivity index (χ2n) is 19.7. The molecule has 7 atom stereocenters. The molecule has 1 fully saturated rings. The lowest BCUT2D eigenvalue weighted by molar-refractivity contribution is -0.302. The van der Waals surface area contributed by atoms with E-state index in [4.69, 9.17) is 9.47 Å². The highest BCUT2D eigenvalue weighted by Gasteiger charge is 2.44. The van der Waals surface area contributed by atoms with Gasteiger partial charge in [0.15, 0.2) is 6.29 Å². The number of nitrogens with one attached hydrogen (secondary N) is 1. The van der Waals surface area contributed by atoms with Crippen LogP contribution in [0.4, 0.5) is 0 Å². The highest BCUT2D eigenvalue weighted by Crippen LogP contribution is 2.23. The number of unbranched alkanes of at least 4 members (excludes halogenated alkanes) is 38. The molecular formula is C54H107NO8. The number of carbonyl (C=O) groups excluding carboxylic acids is 1. The summed E-state index contributed by atoms with van der Waals surface area (Å²) in [4.78, 5) is 13.0. The third-order valence-electron chi connectivity index (χ3n) is 13.7. The predicted octanol–water partition coefficient (Wildman–Crippen LogP) is 13.1. The summed E-state index contributed by atoms with van der Waals surface area (Å²) < 4.78 is 11.3. The van der Waals surface area contributed by atoms with Crippen LogP contribution in [0.25, 0.3) is 0 Å². The predicted molar refractivity (Wildman–Crippen MR) is 263 cm³/mol. The molecule has 1 amide bonds. The Bertz CT molecular complexity index is 955. The summed E-state index contributed by atoms with van der Waals surface area (Å²) in [5.41, 5.74) is 0. The third-order valence-corrected chi connectivity index (χ3v) is 13.7. The van der Waals surface area contributed by atoms with E-state index in [1.807, 2.05) is 0 Å². The van der Waals surface area contributed by atoms with Crippen LogP contribution in [-0.4, -0.2) is 87.5 Å². The number of aliphatic hydroxyl groups excluding tert-OH is 5. The smallest absolute Gasteiger partial charge is 0.220 e. The van der Waals surface area contributed by atoms with E-state index in [0.717, 1.165) is 38.5 Å². The van der Waals surface area contributed by atoms with Crippen LogP contribution in [0, 0.1) is 0 Å². The van der Waals surface area contributed by atoms with E-state index in [0.29, 0.717) is 12.8 Å². The van der Waals surface area contributed by atoms with Crippen LogP contribution in [0.2, 0.25) is 0 Å². The number of aliphatic hydroxyl groups is 5. The van der Waals surface area contributed by atoms with Crippen molar-refractivity contribution in [3.05, 3.63) is 0 Å². The van der Waals surface area contributed by atoms with Crippen molar-refractivity contribution in [1.29, 1.82) is 0 Å². The summed E-state index contributed by atoms with van der Waals surface area (Å²) in [6.07, 6.45) is 45.6. The van der Waals surface area contributed by atoms with Crippen LogP contribution in [0.15, 0.2) is 0 Å². The minimum atomic E-state index is -1.55. The van der Waals surface area contributed by atoms with Crippen LogP contribution < -0.4 is 5.32 Å². The van der Waals surface area contributed by atoms with Gasteiger partial charge in [0.25, 0.3) is 0 Å². The van der Waals surface area contributed by atoms with Gasteiger partial charge in [-0.2, -0.15) is 0 Å². The maximum absolute atomic E-state index is 13.0. The number of amides is 1. The van der Waals surface area contributed by atoms with Crippen molar-refractivity contribution in [2.45, 2.75) is 326 Å². The molecule has 0 bridgehead atoms. The fourth-order valence-corrected chi connectivity index (χ4v) is 9.28. The van der Waals surface area contributed by atoms with Crippen molar-refractivity contribution in [1.82, 2.24) is 5.32 Å². The first-order valence-electron chi connectivity index (χ1n) is 27.7. The summed E-state index contributed by atoms with van der Waals surface area (Å²) in [7, 11) is 0. The quantitative estimate of drug-likeness (QED) is 0.0331. The third kappa shape index (κ3) is 35.1. The maximum Gasteiger partial charge on any atom is 0.220 e. The normalized spacial score (nSPS) is 20.0. The molecule has 1 heterocycles. The summed E-state index contributed by atoms with van der Waals surface area (Å²) >= 11 is 0. The highest BCUT2D eigenvalue weighted by molar-refractivity contribution is 5.76. The molecule has 9 nitrogen and oxygen atoms in total. The molecule has 63 heavy (non-hydrogen) atoms. The lowest BCUT2D eigenvalue weighted by Crippen LogP contribution is -2.60. The molecule has 0 radical (unpaired) electrons. The van der Waals surface area contributed by atoms with Crippen molar-refractivity contribution in [3.63, 3.8) is 0 Å². The zero-order valence-electron chi connectivity index (χ0n) is 41.6. The molecule has 376 valence electrons.